The Hall–Kier alpha value is -1.45. The van der Waals surface area contributed by atoms with E-state index in [0.717, 1.165) is 29.7 Å². The summed E-state index contributed by atoms with van der Waals surface area (Å²) in [5, 5.41) is 0. The summed E-state index contributed by atoms with van der Waals surface area (Å²) < 4.78 is 17.3. The highest BCUT2D eigenvalue weighted by Gasteiger charge is 2.03. The fourth-order valence-electron chi connectivity index (χ4n) is 1.93. The summed E-state index contributed by atoms with van der Waals surface area (Å²) in [6.07, 6.45) is 3.02. The van der Waals surface area contributed by atoms with Gasteiger partial charge in [0.25, 0.3) is 0 Å². The predicted molar refractivity (Wildman–Crippen MR) is 82.9 cm³/mol. The molecule has 0 heterocycles. The predicted octanol–water partition coefficient (Wildman–Crippen LogP) is 4.06. The topological polar surface area (TPSA) is 26.3 Å². The lowest BCUT2D eigenvalue weighted by molar-refractivity contribution is 0.335. The molecule has 20 heavy (non-hydrogen) atoms. The van der Waals surface area contributed by atoms with Crippen LogP contribution in [0.3, 0.4) is 0 Å². The highest BCUT2D eigenvalue weighted by molar-refractivity contribution is 7.80. The maximum atomic E-state index is 11.9. The van der Waals surface area contributed by atoms with Gasteiger partial charge < -0.3 is 0 Å². The minimum atomic E-state index is -1.34. The standard InChI is InChI=1S/C17H20O2S/c1-15-10-12-17(13-11-15)20(18)19-14-6-5-9-16-7-3-2-4-8-16/h2-4,7-8,10-13H,5-6,9,14H2,1H3. The smallest absolute Gasteiger partial charge is 0.189 e. The van der Waals surface area contributed by atoms with Crippen LogP contribution in [0.4, 0.5) is 0 Å². The Morgan fingerprint density at radius 1 is 0.950 bits per heavy atom. The van der Waals surface area contributed by atoms with Crippen molar-refractivity contribution in [1.82, 2.24) is 0 Å². The summed E-state index contributed by atoms with van der Waals surface area (Å²) in [7, 11) is 0. The molecule has 2 aromatic carbocycles. The summed E-state index contributed by atoms with van der Waals surface area (Å²) >= 11 is -1.34. The molecular formula is C17H20O2S. The van der Waals surface area contributed by atoms with Crippen molar-refractivity contribution in [2.24, 2.45) is 0 Å². The first-order valence-electron chi connectivity index (χ1n) is 6.91. The van der Waals surface area contributed by atoms with Crippen molar-refractivity contribution < 1.29 is 8.39 Å². The largest absolute Gasteiger partial charge is 0.287 e. The average molecular weight is 288 g/mol. The maximum absolute atomic E-state index is 11.9. The molecule has 0 saturated heterocycles. The second-order valence-corrected chi connectivity index (χ2v) is 5.99. The summed E-state index contributed by atoms with van der Waals surface area (Å²) in [6.45, 7) is 2.55. The van der Waals surface area contributed by atoms with Crippen LogP contribution in [0.5, 0.6) is 0 Å². The van der Waals surface area contributed by atoms with Gasteiger partial charge in [-0.1, -0.05) is 48.0 Å². The van der Waals surface area contributed by atoms with Gasteiger partial charge in [-0.05, 0) is 43.9 Å². The molecule has 0 aliphatic rings. The number of hydrogen-bond acceptors (Lipinski definition) is 2. The minimum absolute atomic E-state index is 0.535. The fourth-order valence-corrected chi connectivity index (χ4v) is 2.69. The lowest BCUT2D eigenvalue weighted by Gasteiger charge is -2.04. The highest BCUT2D eigenvalue weighted by atomic mass is 32.2. The van der Waals surface area contributed by atoms with Crippen LogP contribution in [0, 0.1) is 6.92 Å². The fraction of sp³-hybridized carbons (Fsp3) is 0.294. The molecular weight excluding hydrogens is 268 g/mol. The zero-order valence-electron chi connectivity index (χ0n) is 11.7. The Balaban J connectivity index is 1.66. The summed E-state index contributed by atoms with van der Waals surface area (Å²) in [5.74, 6) is 0. The van der Waals surface area contributed by atoms with Crippen molar-refractivity contribution in [1.29, 1.82) is 0 Å². The first kappa shape index (κ1) is 14.9. The van der Waals surface area contributed by atoms with Crippen molar-refractivity contribution in [2.45, 2.75) is 31.1 Å². The van der Waals surface area contributed by atoms with Crippen molar-refractivity contribution >= 4 is 11.1 Å². The third-order valence-corrected chi connectivity index (χ3v) is 4.14. The Morgan fingerprint density at radius 2 is 1.65 bits per heavy atom. The van der Waals surface area contributed by atoms with E-state index in [-0.39, 0.29) is 0 Å². The Morgan fingerprint density at radius 3 is 2.35 bits per heavy atom. The first-order chi connectivity index (χ1) is 9.75. The third kappa shape index (κ3) is 4.91. The van der Waals surface area contributed by atoms with Gasteiger partial charge in [-0.3, -0.25) is 4.18 Å². The van der Waals surface area contributed by atoms with Crippen LogP contribution in [0.2, 0.25) is 0 Å². The Labute approximate surface area is 123 Å². The third-order valence-electron chi connectivity index (χ3n) is 3.11. The summed E-state index contributed by atoms with van der Waals surface area (Å²) in [4.78, 5) is 0.735. The highest BCUT2D eigenvalue weighted by Crippen LogP contribution is 2.10. The van der Waals surface area contributed by atoms with E-state index in [1.807, 2.05) is 37.3 Å². The minimum Gasteiger partial charge on any atom is -0.287 e. The van der Waals surface area contributed by atoms with Gasteiger partial charge in [0.1, 0.15) is 0 Å². The lowest BCUT2D eigenvalue weighted by Crippen LogP contribution is -2.00. The molecule has 0 aromatic heterocycles. The van der Waals surface area contributed by atoms with E-state index in [1.54, 1.807) is 0 Å². The van der Waals surface area contributed by atoms with Crippen LogP contribution in [-0.2, 0) is 21.7 Å². The molecule has 0 spiro atoms. The quantitative estimate of drug-likeness (QED) is 0.718. The van der Waals surface area contributed by atoms with E-state index in [0.29, 0.717) is 6.61 Å². The van der Waals surface area contributed by atoms with Gasteiger partial charge in [0.2, 0.25) is 0 Å². The van der Waals surface area contributed by atoms with Crippen LogP contribution in [0.1, 0.15) is 24.0 Å². The molecule has 0 aliphatic carbocycles. The number of hydrogen-bond donors (Lipinski definition) is 0. The van der Waals surface area contributed by atoms with Gasteiger partial charge in [0, 0.05) is 0 Å². The molecule has 3 heteroatoms. The summed E-state index contributed by atoms with van der Waals surface area (Å²) in [5.41, 5.74) is 2.50. The summed E-state index contributed by atoms with van der Waals surface area (Å²) in [6, 6.07) is 18.0. The van der Waals surface area contributed by atoms with Gasteiger partial charge >= 0.3 is 0 Å². The number of benzene rings is 2. The molecule has 0 fully saturated rings. The molecule has 0 aliphatic heterocycles. The first-order valence-corrected chi connectivity index (χ1v) is 7.99. The van der Waals surface area contributed by atoms with E-state index < -0.39 is 11.1 Å². The Bertz CT molecular complexity index is 535. The van der Waals surface area contributed by atoms with Crippen LogP contribution in [0.25, 0.3) is 0 Å². The van der Waals surface area contributed by atoms with Crippen molar-refractivity contribution in [3.63, 3.8) is 0 Å². The van der Waals surface area contributed by atoms with Crippen LogP contribution >= 0.6 is 0 Å². The van der Waals surface area contributed by atoms with Gasteiger partial charge in [-0.25, -0.2) is 4.21 Å². The van der Waals surface area contributed by atoms with E-state index in [4.69, 9.17) is 4.18 Å². The van der Waals surface area contributed by atoms with Crippen LogP contribution in [-0.4, -0.2) is 10.8 Å². The van der Waals surface area contributed by atoms with Gasteiger partial charge in [-0.2, -0.15) is 0 Å². The zero-order chi connectivity index (χ0) is 14.2. The molecule has 1 unspecified atom stereocenters. The van der Waals surface area contributed by atoms with Gasteiger partial charge in [0.15, 0.2) is 11.1 Å². The second-order valence-electron chi connectivity index (χ2n) is 4.81. The van der Waals surface area contributed by atoms with Crippen molar-refractivity contribution in [3.05, 3.63) is 65.7 Å². The number of rotatable bonds is 7. The average Bonchev–Trinajstić information content (AvgIpc) is 2.48. The van der Waals surface area contributed by atoms with Crippen LogP contribution < -0.4 is 0 Å². The van der Waals surface area contributed by atoms with E-state index >= 15 is 0 Å². The normalized spacial score (nSPS) is 12.2. The maximum Gasteiger partial charge on any atom is 0.189 e. The monoisotopic (exact) mass is 288 g/mol. The molecule has 0 saturated carbocycles. The molecule has 2 nitrogen and oxygen atoms in total. The Kier molecular flexibility index (Phi) is 5.96. The second kappa shape index (κ2) is 7.98. The number of unbranched alkanes of at least 4 members (excludes halogenated alkanes) is 1. The lowest BCUT2D eigenvalue weighted by atomic mass is 10.1. The molecule has 2 aromatic rings. The SMILES string of the molecule is Cc1ccc(S(=O)OCCCCc2ccccc2)cc1. The van der Waals surface area contributed by atoms with E-state index in [2.05, 4.69) is 24.3 Å². The number of aryl methyl sites for hydroxylation is 2. The molecule has 0 amide bonds. The molecule has 2 rings (SSSR count). The molecule has 1 atom stereocenters. The van der Waals surface area contributed by atoms with Crippen LogP contribution in [0.15, 0.2) is 59.5 Å². The molecule has 0 radical (unpaired) electrons. The van der Waals surface area contributed by atoms with E-state index in [9.17, 15) is 4.21 Å². The zero-order valence-corrected chi connectivity index (χ0v) is 12.6. The van der Waals surface area contributed by atoms with Crippen molar-refractivity contribution in [2.75, 3.05) is 6.61 Å². The molecule has 0 bridgehead atoms. The van der Waals surface area contributed by atoms with Crippen molar-refractivity contribution in [3.8, 4) is 0 Å². The molecule has 0 N–H and O–H groups in total. The van der Waals surface area contributed by atoms with E-state index in [1.165, 1.54) is 5.56 Å². The van der Waals surface area contributed by atoms with Gasteiger partial charge in [0.05, 0.1) is 11.5 Å². The molecule has 106 valence electrons. The van der Waals surface area contributed by atoms with Gasteiger partial charge in [-0.15, -0.1) is 0 Å².